The fraction of sp³-hybridized carbons (Fsp3) is 0.684. The summed E-state index contributed by atoms with van der Waals surface area (Å²) in [5, 5.41) is 3.55. The van der Waals surface area contributed by atoms with Gasteiger partial charge in [-0.3, -0.25) is 4.79 Å². The Balaban J connectivity index is 1.40. The first-order valence-electron chi connectivity index (χ1n) is 10.0. The molecule has 2 saturated heterocycles. The molecule has 164 valence electrons. The summed E-state index contributed by atoms with van der Waals surface area (Å²) in [4.78, 5) is 22.1. The minimum atomic E-state index is -4.63. The van der Waals surface area contributed by atoms with Gasteiger partial charge in [0.2, 0.25) is 5.91 Å². The highest BCUT2D eigenvalue weighted by Crippen LogP contribution is 2.28. The molecule has 0 unspecified atom stereocenters. The van der Waals surface area contributed by atoms with Gasteiger partial charge in [-0.1, -0.05) is 0 Å². The zero-order chi connectivity index (χ0) is 21.5. The topological polar surface area (TPSA) is 81.9 Å². The number of fused-ring (bicyclic) bond motifs is 1. The summed E-state index contributed by atoms with van der Waals surface area (Å²) in [7, 11) is 0. The predicted octanol–water partition coefficient (Wildman–Crippen LogP) is 2.30. The van der Waals surface area contributed by atoms with Crippen LogP contribution in [-0.2, 0) is 26.9 Å². The molecule has 8 nitrogen and oxygen atoms in total. The number of ether oxygens (including phenoxy) is 2. The Kier molecular flexibility index (Phi) is 5.67. The van der Waals surface area contributed by atoms with E-state index >= 15 is 0 Å². The van der Waals surface area contributed by atoms with Crippen molar-refractivity contribution in [1.82, 2.24) is 24.5 Å². The molecule has 1 amide bonds. The molecule has 4 rings (SSSR count). The lowest BCUT2D eigenvalue weighted by atomic mass is 9.95. The number of carbonyl (C=O) groups excluding carboxylic acids is 1. The molecule has 0 spiro atoms. The molecule has 0 bridgehead atoms. The average molecular weight is 427 g/mol. The van der Waals surface area contributed by atoms with Crippen LogP contribution in [-0.4, -0.2) is 63.0 Å². The lowest BCUT2D eigenvalue weighted by molar-refractivity contribution is -0.144. The first-order valence-corrected chi connectivity index (χ1v) is 10.0. The van der Waals surface area contributed by atoms with Gasteiger partial charge >= 0.3 is 6.18 Å². The minimum Gasteiger partial charge on any atom is -0.350 e. The number of aromatic nitrogens is 4. The molecule has 0 aliphatic carbocycles. The second kappa shape index (κ2) is 8.10. The maximum atomic E-state index is 12.9. The van der Waals surface area contributed by atoms with Crippen LogP contribution in [0, 0.1) is 19.8 Å². The predicted molar refractivity (Wildman–Crippen MR) is 98.6 cm³/mol. The third-order valence-corrected chi connectivity index (χ3v) is 5.82. The molecule has 0 radical (unpaired) electrons. The van der Waals surface area contributed by atoms with Crippen LogP contribution in [0.15, 0.2) is 0 Å². The van der Waals surface area contributed by atoms with Crippen LogP contribution >= 0.6 is 0 Å². The van der Waals surface area contributed by atoms with E-state index in [2.05, 4.69) is 15.1 Å². The van der Waals surface area contributed by atoms with Crippen molar-refractivity contribution in [2.75, 3.05) is 26.3 Å². The van der Waals surface area contributed by atoms with Crippen molar-refractivity contribution in [2.24, 2.45) is 5.92 Å². The Morgan fingerprint density at radius 2 is 1.80 bits per heavy atom. The van der Waals surface area contributed by atoms with E-state index in [0.29, 0.717) is 50.0 Å². The van der Waals surface area contributed by atoms with Gasteiger partial charge in [0.15, 0.2) is 6.29 Å². The van der Waals surface area contributed by atoms with E-state index in [-0.39, 0.29) is 24.4 Å². The molecule has 2 aliphatic heterocycles. The summed E-state index contributed by atoms with van der Waals surface area (Å²) in [6.45, 7) is 5.93. The highest BCUT2D eigenvalue weighted by atomic mass is 19.4. The number of carbonyl (C=O) groups is 1. The zero-order valence-electron chi connectivity index (χ0n) is 16.9. The Morgan fingerprint density at radius 3 is 2.43 bits per heavy atom. The van der Waals surface area contributed by atoms with E-state index < -0.39 is 12.0 Å². The van der Waals surface area contributed by atoms with Crippen LogP contribution < -0.4 is 0 Å². The highest BCUT2D eigenvalue weighted by molar-refractivity contribution is 5.76. The van der Waals surface area contributed by atoms with Crippen LogP contribution in [0.3, 0.4) is 0 Å². The molecule has 2 aliphatic rings. The number of nitrogens with zero attached hydrogens (tertiary/aromatic N) is 5. The molecular weight excluding hydrogens is 403 g/mol. The number of hydrogen-bond donors (Lipinski definition) is 0. The molecule has 2 aromatic heterocycles. The van der Waals surface area contributed by atoms with Gasteiger partial charge < -0.3 is 14.4 Å². The molecule has 11 heteroatoms. The van der Waals surface area contributed by atoms with E-state index in [0.717, 1.165) is 22.9 Å². The molecule has 2 aromatic rings. The Labute approximate surface area is 171 Å². The Morgan fingerprint density at radius 1 is 1.13 bits per heavy atom. The second-order valence-corrected chi connectivity index (χ2v) is 7.73. The summed E-state index contributed by atoms with van der Waals surface area (Å²) < 4.78 is 51.0. The van der Waals surface area contributed by atoms with Crippen molar-refractivity contribution in [3.8, 4) is 0 Å². The largest absolute Gasteiger partial charge is 0.453 e. The van der Waals surface area contributed by atoms with E-state index in [9.17, 15) is 18.0 Å². The third kappa shape index (κ3) is 4.13. The zero-order valence-corrected chi connectivity index (χ0v) is 16.9. The molecule has 0 saturated carbocycles. The lowest BCUT2D eigenvalue weighted by Crippen LogP contribution is -2.41. The van der Waals surface area contributed by atoms with Gasteiger partial charge in [-0.25, -0.2) is 9.50 Å². The van der Waals surface area contributed by atoms with E-state index in [1.807, 2.05) is 4.90 Å². The monoisotopic (exact) mass is 427 g/mol. The number of likely N-dealkylation sites (tertiary alicyclic amines) is 1. The molecule has 30 heavy (non-hydrogen) atoms. The number of aryl methyl sites for hydroxylation is 2. The molecule has 0 atom stereocenters. The van der Waals surface area contributed by atoms with Crippen LogP contribution in [0.25, 0.3) is 5.78 Å². The Bertz CT molecular complexity index is 932. The minimum absolute atomic E-state index is 0.0233. The van der Waals surface area contributed by atoms with Crippen LogP contribution in [0.2, 0.25) is 0 Å². The van der Waals surface area contributed by atoms with E-state index in [4.69, 9.17) is 9.47 Å². The normalized spacial score (nSPS) is 19.2. The first-order chi connectivity index (χ1) is 14.2. The molecular formula is C19H24F3N5O3. The third-order valence-electron chi connectivity index (χ3n) is 5.82. The second-order valence-electron chi connectivity index (χ2n) is 7.73. The van der Waals surface area contributed by atoms with Gasteiger partial charge in [0.05, 0.1) is 13.2 Å². The highest BCUT2D eigenvalue weighted by Gasteiger charge is 2.37. The van der Waals surface area contributed by atoms with E-state index in [1.165, 1.54) is 0 Å². The van der Waals surface area contributed by atoms with Crippen LogP contribution in [0.4, 0.5) is 13.2 Å². The van der Waals surface area contributed by atoms with Crippen LogP contribution in [0.1, 0.15) is 42.0 Å². The summed E-state index contributed by atoms with van der Waals surface area (Å²) >= 11 is 0. The number of alkyl halides is 3. The van der Waals surface area contributed by atoms with Crippen LogP contribution in [0.5, 0.6) is 0 Å². The van der Waals surface area contributed by atoms with E-state index in [1.54, 1.807) is 13.8 Å². The summed E-state index contributed by atoms with van der Waals surface area (Å²) in [5.74, 6) is -0.979. The molecule has 4 heterocycles. The number of rotatable bonds is 4. The van der Waals surface area contributed by atoms with Gasteiger partial charge in [-0.05, 0) is 38.7 Å². The van der Waals surface area contributed by atoms with Crippen molar-refractivity contribution in [1.29, 1.82) is 0 Å². The quantitative estimate of drug-likeness (QED) is 0.745. The van der Waals surface area contributed by atoms with Crippen molar-refractivity contribution >= 4 is 11.7 Å². The van der Waals surface area contributed by atoms with Crippen molar-refractivity contribution in [3.63, 3.8) is 0 Å². The number of amides is 1. The number of hydrogen-bond acceptors (Lipinski definition) is 6. The van der Waals surface area contributed by atoms with Gasteiger partial charge in [-0.15, -0.1) is 5.10 Å². The average Bonchev–Trinajstić information content (AvgIpc) is 3.37. The van der Waals surface area contributed by atoms with Gasteiger partial charge in [-0.2, -0.15) is 18.2 Å². The van der Waals surface area contributed by atoms with Crippen molar-refractivity contribution in [3.05, 3.63) is 22.8 Å². The fourth-order valence-electron chi connectivity index (χ4n) is 4.15. The lowest BCUT2D eigenvalue weighted by Gasteiger charge is -2.34. The van der Waals surface area contributed by atoms with Gasteiger partial charge in [0.1, 0.15) is 0 Å². The summed E-state index contributed by atoms with van der Waals surface area (Å²) in [6.07, 6.45) is -2.48. The maximum absolute atomic E-state index is 12.9. The first kappa shape index (κ1) is 21.0. The standard InChI is InChI=1S/C19H24F3N5O3/c1-11-14(12(2)27-18(23-11)24-17(25-27)19(20,21)22)3-4-15(28)26-7-5-13(6-8-26)16-29-9-10-30-16/h13,16H,3-10H2,1-2H3. The summed E-state index contributed by atoms with van der Waals surface area (Å²) in [6, 6.07) is 0. The molecule has 0 aromatic carbocycles. The van der Waals surface area contributed by atoms with Crippen molar-refractivity contribution in [2.45, 2.75) is 52.0 Å². The van der Waals surface area contributed by atoms with Gasteiger partial charge in [0.25, 0.3) is 11.6 Å². The van der Waals surface area contributed by atoms with Crippen molar-refractivity contribution < 1.29 is 27.4 Å². The molecule has 2 fully saturated rings. The Hall–Kier alpha value is -2.27. The SMILES string of the molecule is Cc1nc2nc(C(F)(F)F)nn2c(C)c1CCC(=O)N1CCC(C2OCCO2)CC1. The number of piperidine rings is 1. The molecule has 0 N–H and O–H groups in total. The summed E-state index contributed by atoms with van der Waals surface area (Å²) in [5.41, 5.74) is 1.79. The fourth-order valence-corrected chi connectivity index (χ4v) is 4.15. The maximum Gasteiger partial charge on any atom is 0.453 e. The number of halogens is 3. The van der Waals surface area contributed by atoms with Gasteiger partial charge in [0, 0.05) is 36.8 Å². The smallest absolute Gasteiger partial charge is 0.350 e.